The van der Waals surface area contributed by atoms with Gasteiger partial charge in [-0.2, -0.15) is 0 Å². The van der Waals surface area contributed by atoms with Gasteiger partial charge >= 0.3 is 0 Å². The summed E-state index contributed by atoms with van der Waals surface area (Å²) in [5.41, 5.74) is 14.2. The van der Waals surface area contributed by atoms with Crippen LogP contribution in [0.15, 0.2) is 36.4 Å². The highest BCUT2D eigenvalue weighted by Crippen LogP contribution is 2.31. The van der Waals surface area contributed by atoms with E-state index in [9.17, 15) is 4.79 Å². The summed E-state index contributed by atoms with van der Waals surface area (Å²) in [6.45, 7) is 1.95. The van der Waals surface area contributed by atoms with Crippen molar-refractivity contribution in [3.8, 4) is 0 Å². The molecule has 0 aliphatic heterocycles. The van der Waals surface area contributed by atoms with Gasteiger partial charge in [-0.15, -0.1) is 0 Å². The van der Waals surface area contributed by atoms with Crippen LogP contribution in [0, 0.1) is 6.92 Å². The summed E-state index contributed by atoms with van der Waals surface area (Å²) in [6.07, 6.45) is 0. The fourth-order valence-electron chi connectivity index (χ4n) is 1.77. The van der Waals surface area contributed by atoms with Crippen LogP contribution in [-0.4, -0.2) is 5.91 Å². The molecule has 2 aromatic carbocycles. The van der Waals surface area contributed by atoms with Crippen LogP contribution in [0.2, 0.25) is 5.02 Å². The Morgan fingerprint density at radius 3 is 2.63 bits per heavy atom. The number of hydrogen-bond acceptors (Lipinski definition) is 3. The molecule has 0 heterocycles. The number of para-hydroxylation sites is 1. The standard InChI is InChI=1S/C14H14ClN3O/c1-8-5-6-12(10(15)7-8)18-13-9(14(17)19)3-2-4-11(13)16/h2-7,18H,16H2,1H3,(H2,17,19). The third-order valence-corrected chi connectivity index (χ3v) is 3.06. The number of carbonyl (C=O) groups is 1. The first-order chi connectivity index (χ1) is 8.99. The van der Waals surface area contributed by atoms with E-state index < -0.39 is 5.91 Å². The van der Waals surface area contributed by atoms with Crippen LogP contribution in [0.4, 0.5) is 17.1 Å². The van der Waals surface area contributed by atoms with Gasteiger partial charge in [-0.25, -0.2) is 0 Å². The molecular formula is C14H14ClN3O. The molecule has 5 N–H and O–H groups in total. The molecule has 0 saturated heterocycles. The normalized spacial score (nSPS) is 10.2. The van der Waals surface area contributed by atoms with Crippen LogP contribution >= 0.6 is 11.6 Å². The Morgan fingerprint density at radius 1 is 1.26 bits per heavy atom. The summed E-state index contributed by atoms with van der Waals surface area (Å²) >= 11 is 6.14. The lowest BCUT2D eigenvalue weighted by Crippen LogP contribution is -2.14. The number of anilines is 3. The molecule has 0 fully saturated rings. The predicted molar refractivity (Wildman–Crippen MR) is 78.8 cm³/mol. The number of hydrogen-bond donors (Lipinski definition) is 3. The number of carbonyl (C=O) groups excluding carboxylic acids is 1. The SMILES string of the molecule is Cc1ccc(Nc2c(N)cccc2C(N)=O)c(Cl)c1. The van der Waals surface area contributed by atoms with Crippen molar-refractivity contribution in [3.63, 3.8) is 0 Å². The van der Waals surface area contributed by atoms with Crippen LogP contribution in [0.3, 0.4) is 0 Å². The van der Waals surface area contributed by atoms with Gasteiger partial charge in [0.15, 0.2) is 0 Å². The largest absolute Gasteiger partial charge is 0.397 e. The first kappa shape index (κ1) is 13.2. The zero-order valence-electron chi connectivity index (χ0n) is 10.4. The first-order valence-electron chi connectivity index (χ1n) is 5.70. The van der Waals surface area contributed by atoms with Crippen molar-refractivity contribution in [2.75, 3.05) is 11.1 Å². The molecule has 0 radical (unpaired) electrons. The first-order valence-corrected chi connectivity index (χ1v) is 6.08. The number of nitrogens with two attached hydrogens (primary N) is 2. The number of nitrogen functional groups attached to an aromatic ring is 1. The Kier molecular flexibility index (Phi) is 3.62. The third kappa shape index (κ3) is 2.80. The zero-order valence-corrected chi connectivity index (χ0v) is 11.2. The van der Waals surface area contributed by atoms with Crippen LogP contribution < -0.4 is 16.8 Å². The topological polar surface area (TPSA) is 81.1 Å². The summed E-state index contributed by atoms with van der Waals surface area (Å²) in [4.78, 5) is 11.4. The number of nitrogens with one attached hydrogen (secondary N) is 1. The second kappa shape index (κ2) is 5.20. The van der Waals surface area contributed by atoms with E-state index in [2.05, 4.69) is 5.32 Å². The van der Waals surface area contributed by atoms with Crippen LogP contribution in [0.25, 0.3) is 0 Å². The van der Waals surface area contributed by atoms with Gasteiger partial charge in [0.25, 0.3) is 5.91 Å². The molecule has 98 valence electrons. The molecule has 0 saturated carbocycles. The van der Waals surface area contributed by atoms with Gasteiger partial charge in [-0.05, 0) is 36.8 Å². The maximum absolute atomic E-state index is 11.4. The summed E-state index contributed by atoms with van der Waals surface area (Å²) < 4.78 is 0. The molecule has 19 heavy (non-hydrogen) atoms. The van der Waals surface area contributed by atoms with Crippen molar-refractivity contribution < 1.29 is 4.79 Å². The Bertz CT molecular complexity index is 641. The van der Waals surface area contributed by atoms with Crippen molar-refractivity contribution in [2.24, 2.45) is 5.73 Å². The molecule has 0 spiro atoms. The van der Waals surface area contributed by atoms with Crippen molar-refractivity contribution >= 4 is 34.6 Å². The summed E-state index contributed by atoms with van der Waals surface area (Å²) in [5.74, 6) is -0.543. The maximum Gasteiger partial charge on any atom is 0.250 e. The molecule has 0 atom stereocenters. The lowest BCUT2D eigenvalue weighted by molar-refractivity contribution is 0.100. The number of benzene rings is 2. The lowest BCUT2D eigenvalue weighted by atomic mass is 10.1. The van der Waals surface area contributed by atoms with E-state index in [0.717, 1.165) is 5.56 Å². The van der Waals surface area contributed by atoms with E-state index in [0.29, 0.717) is 27.6 Å². The Hall–Kier alpha value is -2.20. The molecule has 0 aliphatic rings. The van der Waals surface area contributed by atoms with E-state index >= 15 is 0 Å². The third-order valence-electron chi connectivity index (χ3n) is 2.75. The minimum Gasteiger partial charge on any atom is -0.397 e. The fraction of sp³-hybridized carbons (Fsp3) is 0.0714. The van der Waals surface area contributed by atoms with Gasteiger partial charge in [-0.3, -0.25) is 4.79 Å². The smallest absolute Gasteiger partial charge is 0.250 e. The van der Waals surface area contributed by atoms with Crippen molar-refractivity contribution in [1.29, 1.82) is 0 Å². The molecule has 2 rings (SSSR count). The number of primary amides is 1. The average Bonchev–Trinajstić information content (AvgIpc) is 2.34. The molecular weight excluding hydrogens is 262 g/mol. The molecule has 0 bridgehead atoms. The average molecular weight is 276 g/mol. The second-order valence-electron chi connectivity index (χ2n) is 4.24. The number of halogens is 1. The minimum atomic E-state index is -0.543. The Morgan fingerprint density at radius 2 is 2.00 bits per heavy atom. The highest BCUT2D eigenvalue weighted by Gasteiger charge is 2.12. The monoisotopic (exact) mass is 275 g/mol. The van der Waals surface area contributed by atoms with Gasteiger partial charge in [0, 0.05) is 0 Å². The summed E-state index contributed by atoms with van der Waals surface area (Å²) in [6, 6.07) is 10.6. The van der Waals surface area contributed by atoms with Gasteiger partial charge < -0.3 is 16.8 Å². The molecule has 5 heteroatoms. The van der Waals surface area contributed by atoms with Gasteiger partial charge in [-0.1, -0.05) is 23.7 Å². The number of rotatable bonds is 3. The maximum atomic E-state index is 11.4. The van der Waals surface area contributed by atoms with E-state index in [-0.39, 0.29) is 0 Å². The van der Waals surface area contributed by atoms with Gasteiger partial charge in [0.05, 0.1) is 27.6 Å². The fourth-order valence-corrected chi connectivity index (χ4v) is 2.05. The Labute approximate surface area is 116 Å². The molecule has 0 aliphatic carbocycles. The molecule has 1 amide bonds. The van der Waals surface area contributed by atoms with Crippen LogP contribution in [0.1, 0.15) is 15.9 Å². The highest BCUT2D eigenvalue weighted by molar-refractivity contribution is 6.33. The molecule has 2 aromatic rings. The van der Waals surface area contributed by atoms with Gasteiger partial charge in [0.1, 0.15) is 0 Å². The van der Waals surface area contributed by atoms with Gasteiger partial charge in [0.2, 0.25) is 0 Å². The molecule has 0 unspecified atom stereocenters. The van der Waals surface area contributed by atoms with E-state index in [1.807, 2.05) is 25.1 Å². The lowest BCUT2D eigenvalue weighted by Gasteiger charge is -2.14. The zero-order chi connectivity index (χ0) is 14.0. The quantitative estimate of drug-likeness (QED) is 0.753. The summed E-state index contributed by atoms with van der Waals surface area (Å²) in [5, 5.41) is 3.61. The van der Waals surface area contributed by atoms with Crippen LogP contribution in [0.5, 0.6) is 0 Å². The van der Waals surface area contributed by atoms with Crippen LogP contribution in [-0.2, 0) is 0 Å². The number of aryl methyl sites for hydroxylation is 1. The van der Waals surface area contributed by atoms with E-state index in [1.165, 1.54) is 0 Å². The van der Waals surface area contributed by atoms with Crippen molar-refractivity contribution in [1.82, 2.24) is 0 Å². The van der Waals surface area contributed by atoms with Crippen molar-refractivity contribution in [2.45, 2.75) is 6.92 Å². The Balaban J connectivity index is 2.46. The molecule has 0 aromatic heterocycles. The number of amides is 1. The minimum absolute atomic E-state index is 0.330. The predicted octanol–water partition coefficient (Wildman–Crippen LogP) is 3.07. The highest BCUT2D eigenvalue weighted by atomic mass is 35.5. The van der Waals surface area contributed by atoms with Crippen molar-refractivity contribution in [3.05, 3.63) is 52.5 Å². The van der Waals surface area contributed by atoms with E-state index in [4.69, 9.17) is 23.1 Å². The second-order valence-corrected chi connectivity index (χ2v) is 4.65. The summed E-state index contributed by atoms with van der Waals surface area (Å²) in [7, 11) is 0. The van der Waals surface area contributed by atoms with E-state index in [1.54, 1.807) is 18.2 Å². The molecule has 4 nitrogen and oxygen atoms in total.